The minimum Gasteiger partial charge on any atom is -0.465 e. The van der Waals surface area contributed by atoms with Crippen molar-refractivity contribution in [2.75, 3.05) is 19.7 Å². The lowest BCUT2D eigenvalue weighted by molar-refractivity contribution is -0.143. The van der Waals surface area contributed by atoms with Gasteiger partial charge in [0.1, 0.15) is 6.54 Å². The Labute approximate surface area is 128 Å². The third-order valence-electron chi connectivity index (χ3n) is 2.52. The fourth-order valence-electron chi connectivity index (χ4n) is 1.74. The van der Waals surface area contributed by atoms with Crippen LogP contribution in [0.3, 0.4) is 0 Å². The molecular weight excluding hydrogens is 301 g/mol. The van der Waals surface area contributed by atoms with E-state index in [2.05, 4.69) is 0 Å². The van der Waals surface area contributed by atoms with Crippen LogP contribution < -0.4 is 0 Å². The molecule has 0 unspecified atom stereocenters. The third kappa shape index (κ3) is 5.02. The molecule has 0 saturated heterocycles. The van der Waals surface area contributed by atoms with E-state index in [9.17, 15) is 9.59 Å². The van der Waals surface area contributed by atoms with Gasteiger partial charge in [0.25, 0.3) is 5.91 Å². The average Bonchev–Trinajstić information content (AvgIpc) is 2.36. The van der Waals surface area contributed by atoms with Crippen LogP contribution in [-0.2, 0) is 9.53 Å². The molecule has 1 amide bonds. The van der Waals surface area contributed by atoms with Crippen LogP contribution >= 0.6 is 23.2 Å². The van der Waals surface area contributed by atoms with E-state index in [4.69, 9.17) is 27.9 Å². The molecule has 4 nitrogen and oxygen atoms in total. The molecule has 110 valence electrons. The van der Waals surface area contributed by atoms with Crippen LogP contribution in [0.15, 0.2) is 18.2 Å². The molecule has 0 atom stereocenters. The van der Waals surface area contributed by atoms with Gasteiger partial charge in [-0.2, -0.15) is 0 Å². The summed E-state index contributed by atoms with van der Waals surface area (Å²) in [6.45, 7) is 4.32. The van der Waals surface area contributed by atoms with E-state index < -0.39 is 5.97 Å². The second kappa shape index (κ2) is 8.12. The Morgan fingerprint density at radius 2 is 1.75 bits per heavy atom. The first-order valence-corrected chi connectivity index (χ1v) is 7.14. The molecule has 0 aliphatic carbocycles. The van der Waals surface area contributed by atoms with E-state index in [1.807, 2.05) is 6.92 Å². The van der Waals surface area contributed by atoms with Crippen LogP contribution in [0.5, 0.6) is 0 Å². The van der Waals surface area contributed by atoms with E-state index in [1.54, 1.807) is 13.0 Å². The quantitative estimate of drug-likeness (QED) is 0.755. The van der Waals surface area contributed by atoms with Gasteiger partial charge in [-0.05, 0) is 31.5 Å². The maximum atomic E-state index is 12.4. The van der Waals surface area contributed by atoms with Gasteiger partial charge in [-0.15, -0.1) is 0 Å². The zero-order valence-electron chi connectivity index (χ0n) is 11.5. The first kappa shape index (κ1) is 16.8. The van der Waals surface area contributed by atoms with Gasteiger partial charge in [-0.3, -0.25) is 9.59 Å². The Bertz CT molecular complexity index is 471. The van der Waals surface area contributed by atoms with Gasteiger partial charge in [0.2, 0.25) is 0 Å². The van der Waals surface area contributed by atoms with Crippen LogP contribution in [0.4, 0.5) is 0 Å². The number of hydrogen-bond acceptors (Lipinski definition) is 3. The summed E-state index contributed by atoms with van der Waals surface area (Å²) >= 11 is 11.8. The van der Waals surface area contributed by atoms with Gasteiger partial charge < -0.3 is 9.64 Å². The number of hydrogen-bond donors (Lipinski definition) is 0. The lowest BCUT2D eigenvalue weighted by Gasteiger charge is -2.21. The molecule has 1 aromatic carbocycles. The zero-order chi connectivity index (χ0) is 15.1. The second-order valence-corrected chi connectivity index (χ2v) is 5.06. The molecular formula is C14H17Cl2NO3. The molecule has 0 spiro atoms. The number of benzene rings is 1. The highest BCUT2D eigenvalue weighted by atomic mass is 35.5. The Morgan fingerprint density at radius 1 is 1.15 bits per heavy atom. The van der Waals surface area contributed by atoms with Gasteiger partial charge in [0.05, 0.1) is 6.61 Å². The minimum atomic E-state index is -0.428. The Morgan fingerprint density at radius 3 is 2.25 bits per heavy atom. The lowest BCUT2D eigenvalue weighted by Crippen LogP contribution is -2.37. The number of carbonyl (C=O) groups excluding carboxylic acids is 2. The molecule has 6 heteroatoms. The summed E-state index contributed by atoms with van der Waals surface area (Å²) in [5.41, 5.74) is 0.361. The number of amides is 1. The number of esters is 1. The molecule has 1 rings (SSSR count). The maximum absolute atomic E-state index is 12.4. The fraction of sp³-hybridized carbons (Fsp3) is 0.429. The van der Waals surface area contributed by atoms with Crippen molar-refractivity contribution in [2.45, 2.75) is 20.3 Å². The van der Waals surface area contributed by atoms with Crippen molar-refractivity contribution < 1.29 is 14.3 Å². The van der Waals surface area contributed by atoms with E-state index in [0.717, 1.165) is 6.42 Å². The largest absolute Gasteiger partial charge is 0.465 e. The summed E-state index contributed by atoms with van der Waals surface area (Å²) < 4.78 is 4.87. The Balaban J connectivity index is 2.89. The van der Waals surface area contributed by atoms with Gasteiger partial charge in [-0.1, -0.05) is 30.1 Å². The van der Waals surface area contributed by atoms with Crippen LogP contribution in [-0.4, -0.2) is 36.5 Å². The van der Waals surface area contributed by atoms with Crippen LogP contribution in [0.25, 0.3) is 0 Å². The zero-order valence-corrected chi connectivity index (χ0v) is 13.0. The van der Waals surface area contributed by atoms with E-state index in [0.29, 0.717) is 22.2 Å². The number of nitrogens with zero attached hydrogens (tertiary/aromatic N) is 1. The number of rotatable bonds is 6. The standard InChI is InChI=1S/C14H17Cl2NO3/c1-3-5-17(9-13(18)20-4-2)14(19)10-6-11(15)8-12(16)7-10/h6-8H,3-5,9H2,1-2H3. The van der Waals surface area contributed by atoms with Gasteiger partial charge >= 0.3 is 5.97 Å². The summed E-state index contributed by atoms with van der Waals surface area (Å²) in [6.07, 6.45) is 0.736. The highest BCUT2D eigenvalue weighted by molar-refractivity contribution is 6.35. The summed E-state index contributed by atoms with van der Waals surface area (Å²) in [4.78, 5) is 25.3. The number of halogens is 2. The minimum absolute atomic E-state index is 0.0787. The highest BCUT2D eigenvalue weighted by Gasteiger charge is 2.19. The SMILES string of the molecule is CCCN(CC(=O)OCC)C(=O)c1cc(Cl)cc(Cl)c1. The van der Waals surface area contributed by atoms with Crippen LogP contribution in [0.1, 0.15) is 30.6 Å². The summed E-state index contributed by atoms with van der Waals surface area (Å²) in [7, 11) is 0. The molecule has 0 aliphatic rings. The predicted octanol–water partition coefficient (Wildman–Crippen LogP) is 3.41. The van der Waals surface area contributed by atoms with Crippen molar-refractivity contribution in [3.8, 4) is 0 Å². The first-order chi connectivity index (χ1) is 9.47. The molecule has 0 saturated carbocycles. The van der Waals surface area contributed by atoms with Crippen molar-refractivity contribution in [3.63, 3.8) is 0 Å². The van der Waals surface area contributed by atoms with Gasteiger partial charge in [0.15, 0.2) is 0 Å². The smallest absolute Gasteiger partial charge is 0.325 e. The summed E-state index contributed by atoms with van der Waals surface area (Å²) in [6, 6.07) is 4.61. The molecule has 0 heterocycles. The molecule has 0 fully saturated rings. The Kier molecular flexibility index (Phi) is 6.82. The molecule has 1 aromatic rings. The summed E-state index contributed by atoms with van der Waals surface area (Å²) in [5, 5.41) is 0.766. The van der Waals surface area contributed by atoms with Gasteiger partial charge in [-0.25, -0.2) is 0 Å². The molecule has 0 aliphatic heterocycles. The normalized spacial score (nSPS) is 10.2. The Hall–Kier alpha value is -1.26. The number of ether oxygens (including phenoxy) is 1. The molecule has 0 radical (unpaired) electrons. The highest BCUT2D eigenvalue weighted by Crippen LogP contribution is 2.20. The van der Waals surface area contributed by atoms with Crippen LogP contribution in [0.2, 0.25) is 10.0 Å². The van der Waals surface area contributed by atoms with Crippen molar-refractivity contribution in [1.29, 1.82) is 0 Å². The van der Waals surface area contributed by atoms with E-state index in [1.165, 1.54) is 17.0 Å². The monoisotopic (exact) mass is 317 g/mol. The summed E-state index contributed by atoms with van der Waals surface area (Å²) in [5.74, 6) is -0.716. The van der Waals surface area contributed by atoms with Crippen LogP contribution in [0, 0.1) is 0 Å². The lowest BCUT2D eigenvalue weighted by atomic mass is 10.2. The van der Waals surface area contributed by atoms with E-state index >= 15 is 0 Å². The average molecular weight is 318 g/mol. The van der Waals surface area contributed by atoms with Crippen molar-refractivity contribution in [1.82, 2.24) is 4.90 Å². The van der Waals surface area contributed by atoms with Crippen molar-refractivity contribution in [3.05, 3.63) is 33.8 Å². The van der Waals surface area contributed by atoms with Gasteiger partial charge in [0, 0.05) is 22.2 Å². The predicted molar refractivity (Wildman–Crippen MR) is 79.3 cm³/mol. The molecule has 0 bridgehead atoms. The van der Waals surface area contributed by atoms with E-state index in [-0.39, 0.29) is 19.1 Å². The third-order valence-corrected chi connectivity index (χ3v) is 2.95. The number of carbonyl (C=O) groups is 2. The van der Waals surface area contributed by atoms with Crippen molar-refractivity contribution >= 4 is 35.1 Å². The molecule has 0 N–H and O–H groups in total. The first-order valence-electron chi connectivity index (χ1n) is 6.38. The van der Waals surface area contributed by atoms with Crippen molar-refractivity contribution in [2.24, 2.45) is 0 Å². The molecule has 20 heavy (non-hydrogen) atoms. The topological polar surface area (TPSA) is 46.6 Å². The molecule has 0 aromatic heterocycles. The fourth-order valence-corrected chi connectivity index (χ4v) is 2.27. The maximum Gasteiger partial charge on any atom is 0.325 e. The second-order valence-electron chi connectivity index (χ2n) is 4.19.